The maximum Gasteiger partial charge on any atom is 0.0471 e. The lowest BCUT2D eigenvalue weighted by molar-refractivity contribution is 0.0719. The predicted molar refractivity (Wildman–Crippen MR) is 83.1 cm³/mol. The number of nitrogens with one attached hydrogen (secondary N) is 2. The number of piperidine rings is 3. The van der Waals surface area contributed by atoms with Crippen molar-refractivity contribution in [2.45, 2.75) is 25.4 Å². The summed E-state index contributed by atoms with van der Waals surface area (Å²) in [5.74, 6) is 0.874. The molecule has 0 spiro atoms. The Bertz CT molecular complexity index is 613. The first-order valence-corrected chi connectivity index (χ1v) is 7.88. The van der Waals surface area contributed by atoms with Gasteiger partial charge < -0.3 is 15.2 Å². The second-order valence-electron chi connectivity index (χ2n) is 6.15. The summed E-state index contributed by atoms with van der Waals surface area (Å²) in [6.45, 7) is 4.74. The van der Waals surface area contributed by atoms with Crippen LogP contribution in [-0.2, 0) is 6.54 Å². The van der Waals surface area contributed by atoms with E-state index in [1.165, 1.54) is 43.6 Å². The molecule has 3 saturated heterocycles. The van der Waals surface area contributed by atoms with Crippen molar-refractivity contribution in [3.05, 3.63) is 35.0 Å². The highest BCUT2D eigenvalue weighted by atomic mass is 35.5. The van der Waals surface area contributed by atoms with Gasteiger partial charge in [-0.1, -0.05) is 17.7 Å². The van der Waals surface area contributed by atoms with Crippen LogP contribution in [0.3, 0.4) is 0 Å². The Hall–Kier alpha value is -1.03. The number of rotatable bonds is 3. The quantitative estimate of drug-likeness (QED) is 0.910. The molecule has 0 saturated carbocycles. The van der Waals surface area contributed by atoms with Crippen molar-refractivity contribution in [2.24, 2.45) is 5.92 Å². The van der Waals surface area contributed by atoms with Crippen LogP contribution in [0, 0.1) is 5.92 Å². The van der Waals surface area contributed by atoms with E-state index < -0.39 is 0 Å². The maximum atomic E-state index is 6.03. The van der Waals surface area contributed by atoms with Gasteiger partial charge in [0.05, 0.1) is 0 Å². The fourth-order valence-corrected chi connectivity index (χ4v) is 3.86. The Morgan fingerprint density at radius 2 is 2.10 bits per heavy atom. The van der Waals surface area contributed by atoms with E-state index in [0.29, 0.717) is 6.04 Å². The largest absolute Gasteiger partial charge is 0.357 e. The minimum atomic E-state index is 0.660. The lowest BCUT2D eigenvalue weighted by Crippen LogP contribution is -2.55. The van der Waals surface area contributed by atoms with Gasteiger partial charge >= 0.3 is 0 Å². The molecule has 1 unspecified atom stereocenters. The SMILES string of the molecule is Clc1ccc2cc(CNC3CN4CCC3CC4)[nH]c2c1. The van der Waals surface area contributed by atoms with Gasteiger partial charge in [-0.05, 0) is 55.4 Å². The van der Waals surface area contributed by atoms with Crippen molar-refractivity contribution in [3.63, 3.8) is 0 Å². The summed E-state index contributed by atoms with van der Waals surface area (Å²) in [6, 6.07) is 8.90. The van der Waals surface area contributed by atoms with E-state index in [1.807, 2.05) is 12.1 Å². The summed E-state index contributed by atoms with van der Waals surface area (Å²) in [6.07, 6.45) is 2.72. The normalized spacial score (nSPS) is 29.1. The third-order valence-electron chi connectivity index (χ3n) is 4.85. The molecule has 3 fully saturated rings. The second-order valence-corrected chi connectivity index (χ2v) is 6.59. The Labute approximate surface area is 124 Å². The predicted octanol–water partition coefficient (Wildman–Crippen LogP) is 3.01. The van der Waals surface area contributed by atoms with E-state index >= 15 is 0 Å². The molecule has 2 N–H and O–H groups in total. The summed E-state index contributed by atoms with van der Waals surface area (Å²) in [7, 11) is 0. The Kier molecular flexibility index (Phi) is 3.21. The van der Waals surface area contributed by atoms with Crippen LogP contribution < -0.4 is 5.32 Å². The Morgan fingerprint density at radius 1 is 1.25 bits per heavy atom. The van der Waals surface area contributed by atoms with Gasteiger partial charge in [0.25, 0.3) is 0 Å². The van der Waals surface area contributed by atoms with Gasteiger partial charge in [-0.3, -0.25) is 0 Å². The van der Waals surface area contributed by atoms with Gasteiger partial charge in [-0.2, -0.15) is 0 Å². The maximum absolute atomic E-state index is 6.03. The first-order valence-electron chi connectivity index (χ1n) is 7.51. The zero-order chi connectivity index (χ0) is 13.5. The van der Waals surface area contributed by atoms with E-state index in [9.17, 15) is 0 Å². The van der Waals surface area contributed by atoms with Crippen molar-refractivity contribution in [2.75, 3.05) is 19.6 Å². The van der Waals surface area contributed by atoms with Gasteiger partial charge in [-0.15, -0.1) is 0 Å². The summed E-state index contributed by atoms with van der Waals surface area (Å²) in [4.78, 5) is 6.05. The van der Waals surface area contributed by atoms with Crippen molar-refractivity contribution in [1.82, 2.24) is 15.2 Å². The van der Waals surface area contributed by atoms with E-state index in [-0.39, 0.29) is 0 Å². The van der Waals surface area contributed by atoms with E-state index in [4.69, 9.17) is 11.6 Å². The van der Waals surface area contributed by atoms with Crippen molar-refractivity contribution in [1.29, 1.82) is 0 Å². The number of halogens is 1. The molecule has 4 heteroatoms. The molecule has 4 heterocycles. The van der Waals surface area contributed by atoms with Crippen LogP contribution in [-0.4, -0.2) is 35.6 Å². The van der Waals surface area contributed by atoms with Crippen molar-refractivity contribution >= 4 is 22.5 Å². The molecule has 0 aliphatic carbocycles. The number of H-pyrrole nitrogens is 1. The summed E-state index contributed by atoms with van der Waals surface area (Å²) in [5.41, 5.74) is 2.38. The van der Waals surface area contributed by atoms with Crippen LogP contribution >= 0.6 is 11.6 Å². The Morgan fingerprint density at radius 3 is 2.85 bits per heavy atom. The van der Waals surface area contributed by atoms with E-state index in [2.05, 4.69) is 27.3 Å². The highest BCUT2D eigenvalue weighted by molar-refractivity contribution is 6.31. The molecule has 5 rings (SSSR count). The molecule has 3 nitrogen and oxygen atoms in total. The topological polar surface area (TPSA) is 31.1 Å². The molecule has 106 valence electrons. The zero-order valence-electron chi connectivity index (χ0n) is 11.5. The van der Waals surface area contributed by atoms with Crippen LogP contribution in [0.2, 0.25) is 5.02 Å². The molecule has 0 amide bonds. The van der Waals surface area contributed by atoms with Gasteiger partial charge in [0.2, 0.25) is 0 Å². The lowest BCUT2D eigenvalue weighted by atomic mass is 9.84. The van der Waals surface area contributed by atoms with Crippen LogP contribution in [0.25, 0.3) is 10.9 Å². The number of hydrogen-bond donors (Lipinski definition) is 2. The number of nitrogens with zero attached hydrogens (tertiary/aromatic N) is 1. The molecule has 2 aromatic rings. The number of fused-ring (bicyclic) bond motifs is 4. The molecule has 1 atom stereocenters. The van der Waals surface area contributed by atoms with Gasteiger partial charge in [0.1, 0.15) is 0 Å². The summed E-state index contributed by atoms with van der Waals surface area (Å²) >= 11 is 6.03. The second kappa shape index (κ2) is 5.06. The Balaban J connectivity index is 1.45. The minimum Gasteiger partial charge on any atom is -0.357 e. The third kappa shape index (κ3) is 2.34. The van der Waals surface area contributed by atoms with Crippen LogP contribution in [0.15, 0.2) is 24.3 Å². The number of aromatic amines is 1. The monoisotopic (exact) mass is 289 g/mol. The molecule has 0 radical (unpaired) electrons. The molecule has 2 bridgehead atoms. The van der Waals surface area contributed by atoms with Crippen LogP contribution in [0.1, 0.15) is 18.5 Å². The lowest BCUT2D eigenvalue weighted by Gasteiger charge is -2.45. The van der Waals surface area contributed by atoms with E-state index in [0.717, 1.165) is 23.0 Å². The first-order chi connectivity index (χ1) is 9.78. The van der Waals surface area contributed by atoms with Gasteiger partial charge in [-0.25, -0.2) is 0 Å². The number of aromatic nitrogens is 1. The average Bonchev–Trinajstić information content (AvgIpc) is 2.88. The molecular weight excluding hydrogens is 270 g/mol. The minimum absolute atomic E-state index is 0.660. The van der Waals surface area contributed by atoms with Crippen molar-refractivity contribution < 1.29 is 0 Å². The fraction of sp³-hybridized carbons (Fsp3) is 0.500. The molecule has 20 heavy (non-hydrogen) atoms. The zero-order valence-corrected chi connectivity index (χ0v) is 12.3. The number of benzene rings is 1. The first kappa shape index (κ1) is 12.7. The number of hydrogen-bond acceptors (Lipinski definition) is 2. The summed E-state index contributed by atoms with van der Waals surface area (Å²) in [5, 5.41) is 5.76. The standard InChI is InChI=1S/C16H20ClN3/c17-13-2-1-12-7-14(19-15(12)8-13)9-18-16-10-20-5-3-11(16)4-6-20/h1-2,7-8,11,16,18-19H,3-6,9-10H2. The molecule has 3 aliphatic heterocycles. The molecule has 1 aromatic carbocycles. The van der Waals surface area contributed by atoms with Gasteiger partial charge in [0.15, 0.2) is 0 Å². The smallest absolute Gasteiger partial charge is 0.0471 e. The van der Waals surface area contributed by atoms with Gasteiger partial charge in [0, 0.05) is 35.4 Å². The highest BCUT2D eigenvalue weighted by Gasteiger charge is 2.33. The van der Waals surface area contributed by atoms with Crippen LogP contribution in [0.5, 0.6) is 0 Å². The van der Waals surface area contributed by atoms with Crippen LogP contribution in [0.4, 0.5) is 0 Å². The summed E-state index contributed by atoms with van der Waals surface area (Å²) < 4.78 is 0. The highest BCUT2D eigenvalue weighted by Crippen LogP contribution is 2.28. The third-order valence-corrected chi connectivity index (χ3v) is 5.09. The average molecular weight is 290 g/mol. The fourth-order valence-electron chi connectivity index (χ4n) is 3.69. The molecule has 3 aliphatic rings. The molecule has 1 aromatic heterocycles. The molecular formula is C16H20ClN3. The van der Waals surface area contributed by atoms with Crippen molar-refractivity contribution in [3.8, 4) is 0 Å². The van der Waals surface area contributed by atoms with E-state index in [1.54, 1.807) is 0 Å².